The molecule has 0 aliphatic heterocycles. The zero-order valence-corrected chi connectivity index (χ0v) is 12.0. The number of aromatic nitrogens is 1. The molecular formula is C12H18N2O4S. The fourth-order valence-corrected chi connectivity index (χ4v) is 3.26. The number of aromatic carboxylic acids is 1. The first-order chi connectivity index (χ1) is 8.75. The highest BCUT2D eigenvalue weighted by Gasteiger charge is 2.32. The van der Waals surface area contributed by atoms with Gasteiger partial charge < -0.3 is 9.67 Å². The lowest BCUT2D eigenvalue weighted by Crippen LogP contribution is -2.32. The first kappa shape index (κ1) is 14.1. The van der Waals surface area contributed by atoms with Gasteiger partial charge >= 0.3 is 5.97 Å². The summed E-state index contributed by atoms with van der Waals surface area (Å²) in [4.78, 5) is 11.2. The standard InChI is InChI=1S/C12H18N2O4S/c1-8(2)13(3)19(17,18)10-6-11(12(15)16)14(7-10)9-4-5-9/h6-9H,4-5H2,1-3H3,(H,15,16). The van der Waals surface area contributed by atoms with Crippen LogP contribution in [0.3, 0.4) is 0 Å². The van der Waals surface area contributed by atoms with Crippen molar-refractivity contribution >= 4 is 16.0 Å². The van der Waals surface area contributed by atoms with E-state index in [1.54, 1.807) is 18.4 Å². The fraction of sp³-hybridized carbons (Fsp3) is 0.583. The molecule has 1 heterocycles. The Bertz CT molecular complexity index is 599. The van der Waals surface area contributed by atoms with Gasteiger partial charge in [0.2, 0.25) is 10.0 Å². The zero-order chi connectivity index (χ0) is 14.4. The third kappa shape index (κ3) is 2.52. The van der Waals surface area contributed by atoms with Crippen LogP contribution in [0.4, 0.5) is 0 Å². The molecule has 0 atom stereocenters. The van der Waals surface area contributed by atoms with Crippen LogP contribution in [-0.2, 0) is 10.0 Å². The lowest BCUT2D eigenvalue weighted by atomic mass is 10.4. The van der Waals surface area contributed by atoms with Crippen LogP contribution in [0.2, 0.25) is 0 Å². The van der Waals surface area contributed by atoms with Gasteiger partial charge in [0.05, 0.1) is 0 Å². The maximum Gasteiger partial charge on any atom is 0.352 e. The van der Waals surface area contributed by atoms with E-state index in [4.69, 9.17) is 5.11 Å². The van der Waals surface area contributed by atoms with E-state index in [1.165, 1.54) is 23.6 Å². The van der Waals surface area contributed by atoms with Crippen LogP contribution in [0, 0.1) is 0 Å². The van der Waals surface area contributed by atoms with Gasteiger partial charge in [0.15, 0.2) is 0 Å². The number of carbonyl (C=O) groups is 1. The highest BCUT2D eigenvalue weighted by atomic mass is 32.2. The van der Waals surface area contributed by atoms with E-state index in [1.807, 2.05) is 0 Å². The molecule has 1 N–H and O–H groups in total. The second-order valence-electron chi connectivity index (χ2n) is 5.12. The first-order valence-electron chi connectivity index (χ1n) is 6.18. The van der Waals surface area contributed by atoms with E-state index >= 15 is 0 Å². The van der Waals surface area contributed by atoms with Crippen molar-refractivity contribution in [3.8, 4) is 0 Å². The fourth-order valence-electron chi connectivity index (χ4n) is 1.87. The number of carboxylic acids is 1. The van der Waals surface area contributed by atoms with Crippen LogP contribution in [0.5, 0.6) is 0 Å². The van der Waals surface area contributed by atoms with Gasteiger partial charge in [-0.25, -0.2) is 13.2 Å². The molecule has 0 radical (unpaired) electrons. The van der Waals surface area contributed by atoms with Crippen molar-refractivity contribution < 1.29 is 18.3 Å². The minimum Gasteiger partial charge on any atom is -0.477 e. The quantitative estimate of drug-likeness (QED) is 0.890. The smallest absolute Gasteiger partial charge is 0.352 e. The van der Waals surface area contributed by atoms with Gasteiger partial charge in [-0.15, -0.1) is 0 Å². The van der Waals surface area contributed by atoms with Crippen LogP contribution < -0.4 is 0 Å². The number of nitrogens with zero attached hydrogens (tertiary/aromatic N) is 2. The van der Waals surface area contributed by atoms with Gasteiger partial charge in [-0.05, 0) is 32.8 Å². The van der Waals surface area contributed by atoms with Crippen molar-refractivity contribution in [2.24, 2.45) is 0 Å². The predicted molar refractivity (Wildman–Crippen MR) is 69.7 cm³/mol. The molecule has 1 aromatic heterocycles. The Hall–Kier alpha value is -1.34. The van der Waals surface area contributed by atoms with Gasteiger partial charge in [0.1, 0.15) is 10.6 Å². The minimum absolute atomic E-state index is 0.0400. The normalized spacial score (nSPS) is 16.3. The van der Waals surface area contributed by atoms with Crippen molar-refractivity contribution in [2.75, 3.05) is 7.05 Å². The molecular weight excluding hydrogens is 268 g/mol. The van der Waals surface area contributed by atoms with E-state index in [9.17, 15) is 13.2 Å². The number of rotatable bonds is 5. The van der Waals surface area contributed by atoms with Gasteiger partial charge in [0, 0.05) is 25.3 Å². The van der Waals surface area contributed by atoms with Crippen molar-refractivity contribution in [1.29, 1.82) is 0 Å². The molecule has 1 fully saturated rings. The largest absolute Gasteiger partial charge is 0.477 e. The van der Waals surface area contributed by atoms with E-state index in [2.05, 4.69) is 0 Å². The zero-order valence-electron chi connectivity index (χ0n) is 11.2. The lowest BCUT2D eigenvalue weighted by molar-refractivity contribution is 0.0685. The second kappa shape index (κ2) is 4.64. The first-order valence-corrected chi connectivity index (χ1v) is 7.62. The molecule has 19 heavy (non-hydrogen) atoms. The highest BCUT2D eigenvalue weighted by Crippen LogP contribution is 2.37. The molecule has 1 saturated carbocycles. The van der Waals surface area contributed by atoms with Gasteiger partial charge in [-0.1, -0.05) is 0 Å². The molecule has 2 rings (SSSR count). The Morgan fingerprint density at radius 2 is 2.05 bits per heavy atom. The Morgan fingerprint density at radius 3 is 2.47 bits per heavy atom. The summed E-state index contributed by atoms with van der Waals surface area (Å²) >= 11 is 0. The minimum atomic E-state index is -3.63. The number of hydrogen-bond donors (Lipinski definition) is 1. The maximum atomic E-state index is 12.3. The van der Waals surface area contributed by atoms with E-state index in [0.29, 0.717) is 0 Å². The topological polar surface area (TPSA) is 79.6 Å². The number of carboxylic acid groups (broad SMARTS) is 1. The van der Waals surface area contributed by atoms with Gasteiger partial charge in [-0.2, -0.15) is 4.31 Å². The van der Waals surface area contributed by atoms with E-state index in [0.717, 1.165) is 12.8 Å². The molecule has 0 saturated heterocycles. The Labute approximate surface area is 112 Å². The van der Waals surface area contributed by atoms with Crippen LogP contribution in [0.1, 0.15) is 43.2 Å². The molecule has 1 aromatic rings. The van der Waals surface area contributed by atoms with Crippen LogP contribution in [0.15, 0.2) is 17.2 Å². The summed E-state index contributed by atoms with van der Waals surface area (Å²) in [5, 5.41) is 9.14. The monoisotopic (exact) mass is 286 g/mol. The van der Waals surface area contributed by atoms with Gasteiger partial charge in [-0.3, -0.25) is 0 Å². The summed E-state index contributed by atoms with van der Waals surface area (Å²) in [7, 11) is -2.14. The van der Waals surface area contributed by atoms with Gasteiger partial charge in [0.25, 0.3) is 0 Å². The maximum absolute atomic E-state index is 12.3. The predicted octanol–water partition coefficient (Wildman–Crippen LogP) is 1.55. The number of sulfonamides is 1. The summed E-state index contributed by atoms with van der Waals surface area (Å²) in [6, 6.07) is 1.19. The van der Waals surface area contributed by atoms with Crippen molar-refractivity contribution in [1.82, 2.24) is 8.87 Å². The molecule has 0 bridgehead atoms. The molecule has 0 amide bonds. The summed E-state index contributed by atoms with van der Waals surface area (Å²) < 4.78 is 27.4. The lowest BCUT2D eigenvalue weighted by Gasteiger charge is -2.19. The molecule has 0 aromatic carbocycles. The summed E-state index contributed by atoms with van der Waals surface area (Å²) in [5.74, 6) is -1.10. The van der Waals surface area contributed by atoms with Crippen molar-refractivity contribution in [2.45, 2.75) is 43.7 Å². The van der Waals surface area contributed by atoms with Crippen LogP contribution in [-0.4, -0.2) is 41.5 Å². The van der Waals surface area contributed by atoms with Crippen LogP contribution >= 0.6 is 0 Å². The van der Waals surface area contributed by atoms with Crippen molar-refractivity contribution in [3.05, 3.63) is 18.0 Å². The highest BCUT2D eigenvalue weighted by molar-refractivity contribution is 7.89. The van der Waals surface area contributed by atoms with Crippen molar-refractivity contribution in [3.63, 3.8) is 0 Å². The summed E-state index contributed by atoms with van der Waals surface area (Å²) in [5.41, 5.74) is 0.0400. The Morgan fingerprint density at radius 1 is 1.47 bits per heavy atom. The molecule has 1 aliphatic carbocycles. The summed E-state index contributed by atoms with van der Waals surface area (Å²) in [6.45, 7) is 3.54. The molecule has 0 unspecified atom stereocenters. The average molecular weight is 286 g/mol. The van der Waals surface area contributed by atoms with E-state index < -0.39 is 16.0 Å². The second-order valence-corrected chi connectivity index (χ2v) is 7.12. The third-order valence-corrected chi connectivity index (χ3v) is 5.39. The summed E-state index contributed by atoms with van der Waals surface area (Å²) in [6.07, 6.45) is 3.23. The van der Waals surface area contributed by atoms with Crippen LogP contribution in [0.25, 0.3) is 0 Å². The van der Waals surface area contributed by atoms with E-state index in [-0.39, 0.29) is 22.7 Å². The SMILES string of the molecule is CC(C)N(C)S(=O)(=O)c1cc(C(=O)O)n(C2CC2)c1. The molecule has 0 spiro atoms. The Kier molecular flexibility index (Phi) is 3.44. The molecule has 106 valence electrons. The number of hydrogen-bond acceptors (Lipinski definition) is 3. The average Bonchev–Trinajstić information content (AvgIpc) is 3.05. The Balaban J connectivity index is 2.46. The molecule has 6 nitrogen and oxygen atoms in total. The molecule has 1 aliphatic rings. The molecule has 7 heteroatoms. The third-order valence-electron chi connectivity index (χ3n) is 3.39.